The molecule has 0 radical (unpaired) electrons. The Bertz CT molecular complexity index is 965. The van der Waals surface area contributed by atoms with Crippen LogP contribution in [0.15, 0.2) is 62.3 Å². The standard InChI is InChI=1S/C20H22BrN3O2S/c1-23(20-18-4-2-3-5-19(18)27(25,26)22-20)17-10-12-24(13-11-17)14-15-6-8-16(21)9-7-15/h2-9,17H,10-14H2,1H3. The summed E-state index contributed by atoms with van der Waals surface area (Å²) in [5.41, 5.74) is 2.03. The second-order valence-corrected chi connectivity index (χ2v) is 9.62. The molecule has 4 rings (SSSR count). The van der Waals surface area contributed by atoms with Gasteiger partial charge in [0, 0.05) is 42.8 Å². The zero-order chi connectivity index (χ0) is 19.0. The summed E-state index contributed by atoms with van der Waals surface area (Å²) >= 11 is 3.47. The molecule has 2 aromatic carbocycles. The summed E-state index contributed by atoms with van der Waals surface area (Å²) in [4.78, 5) is 4.83. The molecule has 0 aliphatic carbocycles. The fourth-order valence-corrected chi connectivity index (χ4v) is 5.33. The number of fused-ring (bicyclic) bond motifs is 1. The first-order valence-corrected chi connectivity index (χ1v) is 11.3. The lowest BCUT2D eigenvalue weighted by Gasteiger charge is -2.37. The molecule has 1 fully saturated rings. The summed E-state index contributed by atoms with van der Waals surface area (Å²) in [6, 6.07) is 15.8. The Balaban J connectivity index is 1.42. The van der Waals surface area contributed by atoms with Gasteiger partial charge in [0.05, 0.1) is 0 Å². The van der Waals surface area contributed by atoms with Crippen molar-refractivity contribution in [3.8, 4) is 0 Å². The molecular weight excluding hydrogens is 426 g/mol. The average Bonchev–Trinajstić information content (AvgIpc) is 2.95. The van der Waals surface area contributed by atoms with E-state index in [4.69, 9.17) is 0 Å². The van der Waals surface area contributed by atoms with Crippen LogP contribution in [0.2, 0.25) is 0 Å². The maximum atomic E-state index is 12.3. The quantitative estimate of drug-likeness (QED) is 0.722. The minimum atomic E-state index is -3.56. The molecule has 0 aromatic heterocycles. The molecule has 0 amide bonds. The van der Waals surface area contributed by atoms with Gasteiger partial charge in [-0.15, -0.1) is 4.40 Å². The van der Waals surface area contributed by atoms with Crippen LogP contribution in [0.1, 0.15) is 24.0 Å². The molecule has 142 valence electrons. The van der Waals surface area contributed by atoms with Crippen molar-refractivity contribution in [1.82, 2.24) is 9.80 Å². The van der Waals surface area contributed by atoms with Crippen LogP contribution in [0.25, 0.3) is 0 Å². The molecule has 2 heterocycles. The van der Waals surface area contributed by atoms with E-state index in [0.29, 0.717) is 16.8 Å². The van der Waals surface area contributed by atoms with Gasteiger partial charge in [-0.25, -0.2) is 0 Å². The van der Waals surface area contributed by atoms with Crippen LogP contribution in [0.3, 0.4) is 0 Å². The van der Waals surface area contributed by atoms with Crippen molar-refractivity contribution in [2.75, 3.05) is 20.1 Å². The Kier molecular flexibility index (Phi) is 5.09. The highest BCUT2D eigenvalue weighted by Crippen LogP contribution is 2.29. The maximum absolute atomic E-state index is 12.3. The normalized spacial score (nSPS) is 19.6. The summed E-state index contributed by atoms with van der Waals surface area (Å²) in [5, 5.41) is 0. The second-order valence-electron chi connectivity index (χ2n) is 7.13. The highest BCUT2D eigenvalue weighted by Gasteiger charge is 2.33. The zero-order valence-corrected chi connectivity index (χ0v) is 17.6. The van der Waals surface area contributed by atoms with Crippen LogP contribution in [0.4, 0.5) is 0 Å². The monoisotopic (exact) mass is 447 g/mol. The zero-order valence-electron chi connectivity index (χ0n) is 15.2. The Morgan fingerprint density at radius 2 is 1.78 bits per heavy atom. The third kappa shape index (κ3) is 3.81. The summed E-state index contributed by atoms with van der Waals surface area (Å²) in [5.74, 6) is 0.581. The molecule has 2 aromatic rings. The predicted octanol–water partition coefficient (Wildman–Crippen LogP) is 3.49. The SMILES string of the molecule is CN(C1=NS(=O)(=O)c2ccccc21)C1CCN(Cc2ccc(Br)cc2)CC1. The van der Waals surface area contributed by atoms with Gasteiger partial charge in [0.25, 0.3) is 10.0 Å². The highest BCUT2D eigenvalue weighted by atomic mass is 79.9. The van der Waals surface area contributed by atoms with Gasteiger partial charge in [0.1, 0.15) is 4.90 Å². The molecule has 0 unspecified atom stereocenters. The van der Waals surface area contributed by atoms with Gasteiger partial charge in [0.15, 0.2) is 5.84 Å². The number of hydrogen-bond donors (Lipinski definition) is 0. The molecule has 0 atom stereocenters. The number of nitrogens with zero attached hydrogens (tertiary/aromatic N) is 3. The van der Waals surface area contributed by atoms with E-state index in [2.05, 4.69) is 54.4 Å². The third-order valence-electron chi connectivity index (χ3n) is 5.37. The van der Waals surface area contributed by atoms with Crippen LogP contribution in [-0.2, 0) is 16.6 Å². The second kappa shape index (κ2) is 7.37. The first-order chi connectivity index (χ1) is 12.9. The largest absolute Gasteiger partial charge is 0.355 e. The molecular formula is C20H22BrN3O2S. The van der Waals surface area contributed by atoms with Gasteiger partial charge in [-0.2, -0.15) is 8.42 Å². The number of piperidine rings is 1. The van der Waals surface area contributed by atoms with E-state index in [9.17, 15) is 8.42 Å². The molecule has 0 saturated carbocycles. The molecule has 2 aliphatic heterocycles. The summed E-state index contributed by atoms with van der Waals surface area (Å²) in [6.45, 7) is 2.93. The lowest BCUT2D eigenvalue weighted by molar-refractivity contribution is 0.160. The first-order valence-electron chi connectivity index (χ1n) is 9.08. The van der Waals surface area contributed by atoms with Gasteiger partial charge >= 0.3 is 0 Å². The van der Waals surface area contributed by atoms with Crippen molar-refractivity contribution >= 4 is 31.8 Å². The fraction of sp³-hybridized carbons (Fsp3) is 0.350. The molecule has 0 bridgehead atoms. The van der Waals surface area contributed by atoms with Crippen LogP contribution in [-0.4, -0.2) is 50.2 Å². The van der Waals surface area contributed by atoms with Crippen LogP contribution >= 0.6 is 15.9 Å². The maximum Gasteiger partial charge on any atom is 0.285 e. The molecule has 0 spiro atoms. The van der Waals surface area contributed by atoms with E-state index in [1.165, 1.54) is 5.56 Å². The lowest BCUT2D eigenvalue weighted by Crippen LogP contribution is -2.45. The van der Waals surface area contributed by atoms with Gasteiger partial charge in [-0.1, -0.05) is 40.2 Å². The molecule has 1 saturated heterocycles. The number of amidine groups is 1. The minimum absolute atomic E-state index is 0.297. The van der Waals surface area contributed by atoms with Crippen LogP contribution in [0, 0.1) is 0 Å². The Labute approximate surface area is 168 Å². The predicted molar refractivity (Wildman–Crippen MR) is 110 cm³/mol. The van der Waals surface area contributed by atoms with E-state index < -0.39 is 10.0 Å². The van der Waals surface area contributed by atoms with E-state index in [-0.39, 0.29) is 0 Å². The van der Waals surface area contributed by atoms with E-state index >= 15 is 0 Å². The minimum Gasteiger partial charge on any atom is -0.355 e. The van der Waals surface area contributed by atoms with Gasteiger partial charge in [0.2, 0.25) is 0 Å². The first kappa shape index (κ1) is 18.7. The van der Waals surface area contributed by atoms with Gasteiger partial charge < -0.3 is 4.90 Å². The number of likely N-dealkylation sites (tertiary alicyclic amines) is 1. The highest BCUT2D eigenvalue weighted by molar-refractivity contribution is 9.10. The Morgan fingerprint density at radius 1 is 1.11 bits per heavy atom. The number of benzene rings is 2. The lowest BCUT2D eigenvalue weighted by atomic mass is 10.0. The number of sulfonamides is 1. The summed E-state index contributed by atoms with van der Waals surface area (Å²) in [6.07, 6.45) is 1.99. The Hall–Kier alpha value is -1.70. The molecule has 27 heavy (non-hydrogen) atoms. The molecule has 5 nitrogen and oxygen atoms in total. The number of halogens is 1. The third-order valence-corrected chi connectivity index (χ3v) is 7.22. The van der Waals surface area contributed by atoms with Gasteiger partial charge in [-0.05, 0) is 42.7 Å². The van der Waals surface area contributed by atoms with E-state index in [1.807, 2.05) is 19.2 Å². The van der Waals surface area contributed by atoms with E-state index in [1.54, 1.807) is 12.1 Å². The summed E-state index contributed by atoms with van der Waals surface area (Å²) < 4.78 is 29.8. The molecule has 2 aliphatic rings. The summed E-state index contributed by atoms with van der Waals surface area (Å²) in [7, 11) is -1.60. The van der Waals surface area contributed by atoms with Crippen molar-refractivity contribution in [2.45, 2.75) is 30.3 Å². The van der Waals surface area contributed by atoms with Crippen molar-refractivity contribution in [2.24, 2.45) is 4.40 Å². The fourth-order valence-electron chi connectivity index (χ4n) is 3.83. The smallest absolute Gasteiger partial charge is 0.285 e. The van der Waals surface area contributed by atoms with Gasteiger partial charge in [-0.3, -0.25) is 4.90 Å². The average molecular weight is 448 g/mol. The number of rotatable bonds is 3. The van der Waals surface area contributed by atoms with Crippen LogP contribution in [0.5, 0.6) is 0 Å². The number of hydrogen-bond acceptors (Lipinski definition) is 4. The Morgan fingerprint density at radius 3 is 2.48 bits per heavy atom. The molecule has 0 N–H and O–H groups in total. The van der Waals surface area contributed by atoms with Crippen molar-refractivity contribution in [3.63, 3.8) is 0 Å². The van der Waals surface area contributed by atoms with Crippen LogP contribution < -0.4 is 0 Å². The topological polar surface area (TPSA) is 53.0 Å². The molecule has 7 heteroatoms. The van der Waals surface area contributed by atoms with Crippen molar-refractivity contribution < 1.29 is 8.42 Å². The van der Waals surface area contributed by atoms with Crippen molar-refractivity contribution in [3.05, 3.63) is 64.1 Å². The van der Waals surface area contributed by atoms with E-state index in [0.717, 1.165) is 42.5 Å². The van der Waals surface area contributed by atoms with Crippen molar-refractivity contribution in [1.29, 1.82) is 0 Å².